The van der Waals surface area contributed by atoms with Crippen LogP contribution in [0, 0.1) is 0 Å². The highest BCUT2D eigenvalue weighted by atomic mass is 32.2. The molecule has 0 aliphatic carbocycles. The van der Waals surface area contributed by atoms with E-state index in [0.717, 1.165) is 25.1 Å². The molecule has 1 aliphatic heterocycles. The Labute approximate surface area is 177 Å². The van der Waals surface area contributed by atoms with E-state index >= 15 is 0 Å². The van der Waals surface area contributed by atoms with Crippen molar-refractivity contribution in [2.75, 3.05) is 26.2 Å². The van der Waals surface area contributed by atoms with Crippen molar-refractivity contribution in [3.8, 4) is 0 Å². The van der Waals surface area contributed by atoms with E-state index in [1.807, 2.05) is 11.4 Å². The lowest BCUT2D eigenvalue weighted by atomic mass is 10.1. The monoisotopic (exact) mass is 435 g/mol. The van der Waals surface area contributed by atoms with Crippen LogP contribution >= 0.6 is 11.3 Å². The van der Waals surface area contributed by atoms with Crippen molar-refractivity contribution in [2.45, 2.75) is 44.7 Å². The molecule has 158 valence electrons. The Kier molecular flexibility index (Phi) is 7.10. The van der Waals surface area contributed by atoms with Crippen molar-refractivity contribution in [3.05, 3.63) is 51.7 Å². The standard InChI is InChI=1S/C21H29N3O3S2/c1-4-23(16(2)3)12-10-22-21(25)17-6-5-7-19(14-17)29(26,27)24-11-8-20-18(15-24)9-13-28-20/h5-7,9,13-14,16H,4,8,10-12,15H2,1-3H3,(H,22,25). The van der Waals surface area contributed by atoms with Gasteiger partial charge in [0.1, 0.15) is 0 Å². The molecule has 2 aromatic rings. The number of carbonyl (C=O) groups is 1. The fourth-order valence-corrected chi connectivity index (χ4v) is 5.93. The maximum Gasteiger partial charge on any atom is 0.251 e. The van der Waals surface area contributed by atoms with Gasteiger partial charge in [0, 0.05) is 42.7 Å². The van der Waals surface area contributed by atoms with Crippen molar-refractivity contribution in [1.29, 1.82) is 0 Å². The second-order valence-corrected chi connectivity index (χ2v) is 10.4. The van der Waals surface area contributed by atoms with Gasteiger partial charge in [-0.2, -0.15) is 4.31 Å². The molecule has 0 bridgehead atoms. The molecule has 6 nitrogen and oxygen atoms in total. The number of fused-ring (bicyclic) bond motifs is 1. The number of sulfonamides is 1. The van der Waals surface area contributed by atoms with Gasteiger partial charge in [0.2, 0.25) is 10.0 Å². The van der Waals surface area contributed by atoms with Gasteiger partial charge >= 0.3 is 0 Å². The molecule has 3 rings (SSSR count). The van der Waals surface area contributed by atoms with E-state index < -0.39 is 10.0 Å². The van der Waals surface area contributed by atoms with Crippen molar-refractivity contribution < 1.29 is 13.2 Å². The van der Waals surface area contributed by atoms with Crippen LogP contribution in [0.4, 0.5) is 0 Å². The molecule has 0 saturated heterocycles. The first kappa shape index (κ1) is 22.0. The van der Waals surface area contributed by atoms with Crippen molar-refractivity contribution >= 4 is 27.3 Å². The molecule has 1 aromatic heterocycles. The SMILES string of the molecule is CCN(CCNC(=O)c1cccc(S(=O)(=O)N2CCc3sccc3C2)c1)C(C)C. The Hall–Kier alpha value is -1.74. The predicted octanol–water partition coefficient (Wildman–Crippen LogP) is 2.96. The molecular formula is C21H29N3O3S2. The number of carbonyl (C=O) groups excluding carboxylic acids is 1. The maximum atomic E-state index is 13.1. The highest BCUT2D eigenvalue weighted by molar-refractivity contribution is 7.89. The Morgan fingerprint density at radius 2 is 2.10 bits per heavy atom. The lowest BCUT2D eigenvalue weighted by Crippen LogP contribution is -2.38. The number of nitrogens with zero attached hydrogens (tertiary/aromatic N) is 2. The van der Waals surface area contributed by atoms with Gasteiger partial charge < -0.3 is 5.32 Å². The summed E-state index contributed by atoms with van der Waals surface area (Å²) in [6.45, 7) is 9.40. The molecular weight excluding hydrogens is 406 g/mol. The molecule has 1 N–H and O–H groups in total. The second-order valence-electron chi connectivity index (χ2n) is 7.46. The first-order chi connectivity index (χ1) is 13.8. The average molecular weight is 436 g/mol. The maximum absolute atomic E-state index is 13.1. The molecule has 1 aromatic carbocycles. The Morgan fingerprint density at radius 3 is 2.83 bits per heavy atom. The Balaban J connectivity index is 1.68. The minimum atomic E-state index is -3.64. The van der Waals surface area contributed by atoms with Gasteiger partial charge in [-0.25, -0.2) is 8.42 Å². The molecule has 0 atom stereocenters. The summed E-state index contributed by atoms with van der Waals surface area (Å²) in [6.07, 6.45) is 0.732. The highest BCUT2D eigenvalue weighted by Gasteiger charge is 2.29. The van der Waals surface area contributed by atoms with Gasteiger partial charge in [-0.05, 0) is 62.0 Å². The third-order valence-corrected chi connectivity index (χ3v) is 8.19. The van der Waals surface area contributed by atoms with Gasteiger partial charge in [0.25, 0.3) is 5.91 Å². The third kappa shape index (κ3) is 5.06. The first-order valence-electron chi connectivity index (χ1n) is 10.0. The van der Waals surface area contributed by atoms with Crippen LogP contribution in [0.5, 0.6) is 0 Å². The number of rotatable bonds is 8. The van der Waals surface area contributed by atoms with Crippen LogP contribution in [0.3, 0.4) is 0 Å². The zero-order valence-corrected chi connectivity index (χ0v) is 18.9. The zero-order valence-electron chi connectivity index (χ0n) is 17.2. The lowest BCUT2D eigenvalue weighted by molar-refractivity contribution is 0.0945. The van der Waals surface area contributed by atoms with E-state index in [0.29, 0.717) is 31.2 Å². The topological polar surface area (TPSA) is 69.7 Å². The molecule has 29 heavy (non-hydrogen) atoms. The van der Waals surface area contributed by atoms with Crippen molar-refractivity contribution in [3.63, 3.8) is 0 Å². The molecule has 0 saturated carbocycles. The summed E-state index contributed by atoms with van der Waals surface area (Å²) in [6, 6.07) is 8.73. The number of hydrogen-bond acceptors (Lipinski definition) is 5. The van der Waals surface area contributed by atoms with Crippen molar-refractivity contribution in [2.24, 2.45) is 0 Å². The molecule has 1 amide bonds. The fourth-order valence-electron chi connectivity index (χ4n) is 3.57. The van der Waals surface area contributed by atoms with Crippen LogP contribution in [0.1, 0.15) is 41.6 Å². The molecule has 8 heteroatoms. The Bertz CT molecular complexity index is 954. The van der Waals surface area contributed by atoms with Gasteiger partial charge in [-0.3, -0.25) is 9.69 Å². The first-order valence-corrected chi connectivity index (χ1v) is 12.3. The summed E-state index contributed by atoms with van der Waals surface area (Å²) < 4.78 is 27.7. The smallest absolute Gasteiger partial charge is 0.251 e. The molecule has 0 fully saturated rings. The normalized spacial score (nSPS) is 14.9. The largest absolute Gasteiger partial charge is 0.351 e. The summed E-state index contributed by atoms with van der Waals surface area (Å²) in [5.41, 5.74) is 1.44. The lowest BCUT2D eigenvalue weighted by Gasteiger charge is -2.26. The molecule has 0 unspecified atom stereocenters. The molecule has 1 aliphatic rings. The van der Waals surface area contributed by atoms with Crippen LogP contribution in [0.2, 0.25) is 0 Å². The second kappa shape index (κ2) is 9.38. The number of benzene rings is 1. The van der Waals surface area contributed by atoms with E-state index in [1.165, 1.54) is 15.2 Å². The zero-order chi connectivity index (χ0) is 21.0. The molecule has 0 radical (unpaired) electrons. The average Bonchev–Trinajstić information content (AvgIpc) is 3.18. The number of likely N-dealkylation sites (N-methyl/N-ethyl adjacent to an activating group) is 1. The van der Waals surface area contributed by atoms with E-state index in [2.05, 4.69) is 31.0 Å². The number of amides is 1. The number of thiophene rings is 1. The summed E-state index contributed by atoms with van der Waals surface area (Å²) in [5.74, 6) is -0.249. The highest BCUT2D eigenvalue weighted by Crippen LogP contribution is 2.28. The quantitative estimate of drug-likeness (QED) is 0.692. The predicted molar refractivity (Wildman–Crippen MR) is 117 cm³/mol. The molecule has 0 spiro atoms. The van der Waals surface area contributed by atoms with Crippen LogP contribution < -0.4 is 5.32 Å². The van der Waals surface area contributed by atoms with Crippen LogP contribution in [0.15, 0.2) is 40.6 Å². The van der Waals surface area contributed by atoms with Crippen LogP contribution in [-0.2, 0) is 23.0 Å². The van der Waals surface area contributed by atoms with Crippen LogP contribution in [-0.4, -0.2) is 55.8 Å². The molecule has 2 heterocycles. The fraction of sp³-hybridized carbons (Fsp3) is 0.476. The van der Waals surface area contributed by atoms with Crippen molar-refractivity contribution in [1.82, 2.24) is 14.5 Å². The van der Waals surface area contributed by atoms with Gasteiger partial charge in [0.05, 0.1) is 4.90 Å². The van der Waals surface area contributed by atoms with E-state index in [9.17, 15) is 13.2 Å². The minimum absolute atomic E-state index is 0.168. The number of hydrogen-bond donors (Lipinski definition) is 1. The van der Waals surface area contributed by atoms with Gasteiger partial charge in [0.15, 0.2) is 0 Å². The summed E-state index contributed by atoms with van der Waals surface area (Å²) in [7, 11) is -3.64. The minimum Gasteiger partial charge on any atom is -0.351 e. The summed E-state index contributed by atoms with van der Waals surface area (Å²) >= 11 is 1.68. The Morgan fingerprint density at radius 1 is 1.31 bits per heavy atom. The summed E-state index contributed by atoms with van der Waals surface area (Å²) in [5, 5.41) is 4.90. The van der Waals surface area contributed by atoms with E-state index in [-0.39, 0.29) is 10.8 Å². The van der Waals surface area contributed by atoms with E-state index in [1.54, 1.807) is 29.5 Å². The van der Waals surface area contributed by atoms with Gasteiger partial charge in [-0.1, -0.05) is 13.0 Å². The third-order valence-electron chi connectivity index (χ3n) is 5.33. The van der Waals surface area contributed by atoms with Crippen LogP contribution in [0.25, 0.3) is 0 Å². The number of nitrogens with one attached hydrogen (secondary N) is 1. The van der Waals surface area contributed by atoms with E-state index in [4.69, 9.17) is 0 Å². The van der Waals surface area contributed by atoms with Gasteiger partial charge in [-0.15, -0.1) is 11.3 Å². The summed E-state index contributed by atoms with van der Waals surface area (Å²) in [4.78, 5) is 16.2.